The first-order chi connectivity index (χ1) is 14.2. The lowest BCUT2D eigenvalue weighted by molar-refractivity contribution is -0.149. The fourth-order valence-corrected chi connectivity index (χ4v) is 5.35. The van der Waals surface area contributed by atoms with Gasteiger partial charge in [-0.05, 0) is 53.9 Å². The van der Waals surface area contributed by atoms with Gasteiger partial charge in [-0.1, -0.05) is 26.8 Å². The van der Waals surface area contributed by atoms with E-state index < -0.39 is 5.97 Å². The largest absolute Gasteiger partial charge is 0.454 e. The van der Waals surface area contributed by atoms with Crippen LogP contribution in [0.3, 0.4) is 0 Å². The third-order valence-electron chi connectivity index (χ3n) is 6.11. The molecule has 0 N–H and O–H groups in total. The molecule has 0 radical (unpaired) electrons. The minimum Gasteiger partial charge on any atom is -0.454 e. The molecule has 1 amide bonds. The summed E-state index contributed by atoms with van der Waals surface area (Å²) in [6.07, 6.45) is 4.44. The molecule has 7 heteroatoms. The van der Waals surface area contributed by atoms with Gasteiger partial charge in [-0.3, -0.25) is 4.79 Å². The normalized spacial score (nSPS) is 26.3. The molecule has 1 saturated heterocycles. The number of nitrogens with zero attached hydrogens (tertiary/aromatic N) is 2. The smallest absolute Gasteiger partial charge is 0.349 e. The van der Waals surface area contributed by atoms with E-state index in [1.54, 1.807) is 18.2 Å². The average Bonchev–Trinajstić information content (AvgIpc) is 3.23. The maximum atomic E-state index is 12.8. The zero-order chi connectivity index (χ0) is 21.5. The summed E-state index contributed by atoms with van der Waals surface area (Å²) < 4.78 is 15.8. The van der Waals surface area contributed by atoms with Crippen LogP contribution in [0.5, 0.6) is 11.5 Å². The number of carbonyl (C=O) groups is 2. The molecular weight excluding hydrogens is 384 g/mol. The Balaban J connectivity index is 1.39. The highest BCUT2D eigenvalue weighted by Gasteiger charge is 2.50. The number of benzene rings is 1. The summed E-state index contributed by atoms with van der Waals surface area (Å²) in [5.41, 5.74) is 0.755. The maximum Gasteiger partial charge on any atom is 0.349 e. The molecule has 1 aromatic rings. The summed E-state index contributed by atoms with van der Waals surface area (Å²) in [7, 11) is 0. The lowest BCUT2D eigenvalue weighted by Gasteiger charge is -2.39. The van der Waals surface area contributed by atoms with Crippen LogP contribution in [-0.4, -0.2) is 42.8 Å². The van der Waals surface area contributed by atoms with Gasteiger partial charge in [0.25, 0.3) is 5.91 Å². The first kappa shape index (κ1) is 20.3. The first-order valence-electron chi connectivity index (χ1n) is 10.2. The van der Waals surface area contributed by atoms with Gasteiger partial charge >= 0.3 is 5.97 Å². The highest BCUT2D eigenvalue weighted by atomic mass is 16.7. The number of rotatable bonds is 4. The summed E-state index contributed by atoms with van der Waals surface area (Å²) in [5.74, 6) is 0.167. The van der Waals surface area contributed by atoms with Gasteiger partial charge in [0, 0.05) is 12.6 Å². The number of esters is 1. The van der Waals surface area contributed by atoms with E-state index in [-0.39, 0.29) is 41.8 Å². The number of amides is 1. The number of likely N-dealkylation sites (tertiary alicyclic amines) is 1. The molecule has 0 unspecified atom stereocenters. The highest BCUT2D eigenvalue weighted by Crippen LogP contribution is 2.52. The van der Waals surface area contributed by atoms with Crippen LogP contribution in [0, 0.1) is 22.2 Å². The Morgan fingerprint density at radius 2 is 2.03 bits per heavy atom. The topological polar surface area (TPSA) is 88.9 Å². The number of hydrogen-bond acceptors (Lipinski definition) is 6. The fourth-order valence-electron chi connectivity index (χ4n) is 5.35. The molecular formula is C23H26N2O5. The molecule has 7 nitrogen and oxygen atoms in total. The molecule has 1 aromatic carbocycles. The molecule has 2 heterocycles. The van der Waals surface area contributed by atoms with Crippen molar-refractivity contribution >= 4 is 18.0 Å². The predicted octanol–water partition coefficient (Wildman–Crippen LogP) is 3.29. The summed E-state index contributed by atoms with van der Waals surface area (Å²) in [5, 5.41) is 9.37. The van der Waals surface area contributed by atoms with Crippen molar-refractivity contribution in [1.82, 2.24) is 4.90 Å². The van der Waals surface area contributed by atoms with Crippen LogP contribution in [0.15, 0.2) is 23.8 Å². The predicted molar refractivity (Wildman–Crippen MR) is 108 cm³/mol. The molecule has 2 fully saturated rings. The average molecular weight is 410 g/mol. The van der Waals surface area contributed by atoms with Gasteiger partial charge in [0.2, 0.25) is 6.79 Å². The third-order valence-corrected chi connectivity index (χ3v) is 6.11. The molecule has 1 saturated carbocycles. The van der Waals surface area contributed by atoms with Gasteiger partial charge in [0.1, 0.15) is 11.6 Å². The Morgan fingerprint density at radius 1 is 1.27 bits per heavy atom. The summed E-state index contributed by atoms with van der Waals surface area (Å²) in [6, 6.07) is 7.16. The van der Waals surface area contributed by atoms with E-state index in [1.807, 2.05) is 11.0 Å². The Morgan fingerprint density at radius 3 is 2.80 bits per heavy atom. The molecule has 2 atom stereocenters. The van der Waals surface area contributed by atoms with Gasteiger partial charge in [0.15, 0.2) is 18.1 Å². The van der Waals surface area contributed by atoms with Crippen molar-refractivity contribution in [3.8, 4) is 17.6 Å². The Hall–Kier alpha value is -3.01. The van der Waals surface area contributed by atoms with Crippen molar-refractivity contribution in [2.24, 2.45) is 10.8 Å². The Kier molecular flexibility index (Phi) is 4.97. The number of fused-ring (bicyclic) bond motifs is 3. The van der Waals surface area contributed by atoms with Crippen LogP contribution < -0.4 is 9.47 Å². The van der Waals surface area contributed by atoms with E-state index in [1.165, 1.54) is 6.08 Å². The standard InChI is InChI=1S/C23H26N2O5/c1-22(2)8-17-9-23(3,12-22)13-25(17)20(26)11-28-21(27)16(10-24)6-15-4-5-18-19(7-15)30-14-29-18/h4-7,17H,8-9,11-14H2,1-3H3/b16-6+/t17-,23-/m0/s1. The van der Waals surface area contributed by atoms with Gasteiger partial charge < -0.3 is 19.1 Å². The van der Waals surface area contributed by atoms with Crippen LogP contribution in [0.25, 0.3) is 6.08 Å². The molecule has 3 aliphatic rings. The van der Waals surface area contributed by atoms with Crippen molar-refractivity contribution in [3.63, 3.8) is 0 Å². The van der Waals surface area contributed by atoms with E-state index in [4.69, 9.17) is 14.2 Å². The number of hydrogen-bond donors (Lipinski definition) is 0. The van der Waals surface area contributed by atoms with Crippen molar-refractivity contribution in [1.29, 1.82) is 5.26 Å². The second-order valence-electron chi connectivity index (χ2n) is 9.59. The maximum absolute atomic E-state index is 12.8. The Bertz CT molecular complexity index is 961. The zero-order valence-electron chi connectivity index (χ0n) is 17.6. The van der Waals surface area contributed by atoms with Crippen molar-refractivity contribution in [2.75, 3.05) is 19.9 Å². The van der Waals surface area contributed by atoms with Crippen LogP contribution in [0.1, 0.15) is 45.6 Å². The van der Waals surface area contributed by atoms with Crippen molar-refractivity contribution in [3.05, 3.63) is 29.3 Å². The molecule has 158 valence electrons. The monoisotopic (exact) mass is 410 g/mol. The van der Waals surface area contributed by atoms with Crippen LogP contribution in [0.2, 0.25) is 0 Å². The second kappa shape index (κ2) is 7.35. The Labute approximate surface area is 176 Å². The number of ether oxygens (including phenoxy) is 3. The van der Waals surface area contributed by atoms with E-state index in [0.29, 0.717) is 23.6 Å². The van der Waals surface area contributed by atoms with Gasteiger partial charge in [-0.25, -0.2) is 4.79 Å². The highest BCUT2D eigenvalue weighted by molar-refractivity contribution is 5.99. The molecule has 4 rings (SSSR count). The van der Waals surface area contributed by atoms with Gasteiger partial charge in [-0.2, -0.15) is 5.26 Å². The molecule has 0 aromatic heterocycles. The van der Waals surface area contributed by atoms with Crippen LogP contribution >= 0.6 is 0 Å². The fraction of sp³-hybridized carbons (Fsp3) is 0.522. The SMILES string of the molecule is CC1(C)C[C@H]2C[C@](C)(CN2C(=O)COC(=O)/C(C#N)=C/c2ccc3c(c2)OCO3)C1. The summed E-state index contributed by atoms with van der Waals surface area (Å²) in [6.45, 7) is 7.19. The minimum absolute atomic E-state index is 0.114. The number of nitriles is 1. The molecule has 1 aliphatic carbocycles. The van der Waals surface area contributed by atoms with E-state index >= 15 is 0 Å². The molecule has 2 bridgehead atoms. The third kappa shape index (κ3) is 4.00. The van der Waals surface area contributed by atoms with Gasteiger partial charge in [-0.15, -0.1) is 0 Å². The van der Waals surface area contributed by atoms with E-state index in [0.717, 1.165) is 19.3 Å². The molecule has 30 heavy (non-hydrogen) atoms. The van der Waals surface area contributed by atoms with Crippen molar-refractivity contribution in [2.45, 2.75) is 46.1 Å². The van der Waals surface area contributed by atoms with Crippen molar-refractivity contribution < 1.29 is 23.8 Å². The first-order valence-corrected chi connectivity index (χ1v) is 10.2. The zero-order valence-corrected chi connectivity index (χ0v) is 17.6. The summed E-state index contributed by atoms with van der Waals surface area (Å²) >= 11 is 0. The van der Waals surface area contributed by atoms with Crippen LogP contribution in [-0.2, 0) is 14.3 Å². The lowest BCUT2D eigenvalue weighted by atomic mass is 9.65. The molecule has 0 spiro atoms. The van der Waals surface area contributed by atoms with E-state index in [9.17, 15) is 14.9 Å². The number of carbonyl (C=O) groups excluding carboxylic acids is 2. The van der Waals surface area contributed by atoms with E-state index in [2.05, 4.69) is 20.8 Å². The summed E-state index contributed by atoms with van der Waals surface area (Å²) in [4.78, 5) is 27.0. The van der Waals surface area contributed by atoms with Crippen LogP contribution in [0.4, 0.5) is 0 Å². The van der Waals surface area contributed by atoms with Gasteiger partial charge in [0.05, 0.1) is 0 Å². The minimum atomic E-state index is -0.808. The lowest BCUT2D eigenvalue weighted by Crippen LogP contribution is -2.39. The molecule has 2 aliphatic heterocycles. The quantitative estimate of drug-likeness (QED) is 0.430. The second-order valence-corrected chi connectivity index (χ2v) is 9.59.